The molecule has 0 unspecified atom stereocenters. The van der Waals surface area contributed by atoms with Crippen LogP contribution in [0.15, 0.2) is 23.8 Å². The largest absolute Gasteiger partial charge is 0.393 e. The van der Waals surface area contributed by atoms with Gasteiger partial charge in [-0.1, -0.05) is 25.5 Å². The van der Waals surface area contributed by atoms with Crippen LogP contribution >= 0.6 is 0 Å². The van der Waals surface area contributed by atoms with Gasteiger partial charge in [-0.15, -0.1) is 0 Å². The molecule has 0 aromatic rings. The van der Waals surface area contributed by atoms with E-state index in [0.717, 1.165) is 18.4 Å². The van der Waals surface area contributed by atoms with Crippen LogP contribution in [0.25, 0.3) is 0 Å². The number of hydrogen-bond acceptors (Lipinski definition) is 7. The van der Waals surface area contributed by atoms with E-state index in [1.165, 1.54) is 0 Å². The maximum Gasteiger partial charge on any atom is 0.223 e. The molecule has 170 valence electrons. The lowest BCUT2D eigenvalue weighted by Gasteiger charge is -2.60. The van der Waals surface area contributed by atoms with Crippen molar-refractivity contribution in [3.8, 4) is 0 Å². The van der Waals surface area contributed by atoms with Crippen molar-refractivity contribution in [2.45, 2.75) is 83.3 Å². The van der Waals surface area contributed by atoms with Crippen LogP contribution in [0.1, 0.15) is 53.4 Å². The predicted molar refractivity (Wildman–Crippen MR) is 109 cm³/mol. The van der Waals surface area contributed by atoms with Crippen LogP contribution in [0.4, 0.5) is 0 Å². The van der Waals surface area contributed by atoms with E-state index in [9.17, 15) is 24.9 Å². The number of Topliss-reactive ketones (excluding diaryl/α,β-unsaturated/α-hetero) is 1. The number of allylic oxidation sites excluding steroid dienone is 4. The molecule has 31 heavy (non-hydrogen) atoms. The Kier molecular flexibility index (Phi) is 4.40. The van der Waals surface area contributed by atoms with Gasteiger partial charge in [0, 0.05) is 16.7 Å². The molecule has 0 radical (unpaired) electrons. The van der Waals surface area contributed by atoms with Gasteiger partial charge < -0.3 is 24.8 Å². The minimum absolute atomic E-state index is 0.00843. The number of ether oxygens (including phenoxy) is 2. The van der Waals surface area contributed by atoms with Gasteiger partial charge >= 0.3 is 0 Å². The second-order valence-corrected chi connectivity index (χ2v) is 11.0. The summed E-state index contributed by atoms with van der Waals surface area (Å²) in [6.07, 6.45) is 4.15. The van der Waals surface area contributed by atoms with Crippen LogP contribution in [0.5, 0.6) is 0 Å². The smallest absolute Gasteiger partial charge is 0.223 e. The predicted octanol–water partition coefficient (Wildman–Crippen LogP) is 1.65. The Morgan fingerprint density at radius 1 is 1.23 bits per heavy atom. The molecule has 1 saturated heterocycles. The Labute approximate surface area is 182 Å². The monoisotopic (exact) mass is 432 g/mol. The van der Waals surface area contributed by atoms with E-state index in [0.29, 0.717) is 6.42 Å². The van der Waals surface area contributed by atoms with Gasteiger partial charge in [-0.3, -0.25) is 9.59 Å². The Bertz CT molecular complexity index is 904. The standard InChI is InChI=1S/C24H32O7/c1-21(2)30-17-10-15-14-6-5-12-9-13(25)7-8-22(12,3)18(14)16(26)11-23(15,4)24(17,31-21)19(27)20(28)29/h7-9,14-18,20,26,28-29H,5-6,10-11H2,1-4H3/t14-,15-,16-,17+,18+,22-,23-,24-/m0/s1. The first-order chi connectivity index (χ1) is 14.4. The number of rotatable bonds is 2. The second-order valence-electron chi connectivity index (χ2n) is 11.0. The minimum atomic E-state index is -2.17. The zero-order chi connectivity index (χ0) is 22.6. The highest BCUT2D eigenvalue weighted by atomic mass is 16.8. The Balaban J connectivity index is 1.60. The van der Waals surface area contributed by atoms with E-state index in [-0.39, 0.29) is 30.0 Å². The van der Waals surface area contributed by atoms with Crippen LogP contribution < -0.4 is 0 Å². The fourth-order valence-electron chi connectivity index (χ4n) is 8.05. The van der Waals surface area contributed by atoms with Crippen LogP contribution in [0.2, 0.25) is 0 Å². The molecule has 0 spiro atoms. The molecule has 0 bridgehead atoms. The minimum Gasteiger partial charge on any atom is -0.393 e. The van der Waals surface area contributed by atoms with Crippen molar-refractivity contribution in [2.24, 2.45) is 28.6 Å². The van der Waals surface area contributed by atoms with Crippen molar-refractivity contribution in [1.29, 1.82) is 0 Å². The van der Waals surface area contributed by atoms with E-state index in [1.807, 2.05) is 13.0 Å². The van der Waals surface area contributed by atoms with Crippen molar-refractivity contribution >= 4 is 11.6 Å². The van der Waals surface area contributed by atoms with Crippen molar-refractivity contribution in [2.75, 3.05) is 0 Å². The first kappa shape index (κ1) is 21.5. The molecule has 4 aliphatic carbocycles. The molecule has 0 amide bonds. The van der Waals surface area contributed by atoms with E-state index in [4.69, 9.17) is 9.47 Å². The molecule has 1 aliphatic heterocycles. The molecule has 0 aromatic heterocycles. The third-order valence-electron chi connectivity index (χ3n) is 9.09. The van der Waals surface area contributed by atoms with Crippen LogP contribution in [-0.4, -0.2) is 56.8 Å². The Morgan fingerprint density at radius 2 is 1.94 bits per heavy atom. The number of carbonyl (C=O) groups is 2. The van der Waals surface area contributed by atoms with Crippen LogP contribution in [0.3, 0.4) is 0 Å². The molecular formula is C24H32O7. The second kappa shape index (κ2) is 6.35. The topological polar surface area (TPSA) is 113 Å². The number of ketones is 2. The van der Waals surface area contributed by atoms with Crippen molar-refractivity contribution in [3.63, 3.8) is 0 Å². The van der Waals surface area contributed by atoms with Crippen molar-refractivity contribution < 1.29 is 34.4 Å². The summed E-state index contributed by atoms with van der Waals surface area (Å²) in [5.41, 5.74) is -1.67. The summed E-state index contributed by atoms with van der Waals surface area (Å²) in [6.45, 7) is 7.49. The summed E-state index contributed by atoms with van der Waals surface area (Å²) in [4.78, 5) is 25.2. The summed E-state index contributed by atoms with van der Waals surface area (Å²) in [6, 6.07) is 0. The van der Waals surface area contributed by atoms with E-state index in [1.54, 1.807) is 26.0 Å². The van der Waals surface area contributed by atoms with E-state index < -0.39 is 46.5 Å². The molecule has 5 aliphatic rings. The summed E-state index contributed by atoms with van der Waals surface area (Å²) in [7, 11) is 0. The number of hydrogen-bond donors (Lipinski definition) is 3. The number of aliphatic hydroxyl groups is 3. The highest BCUT2D eigenvalue weighted by Gasteiger charge is 2.77. The molecule has 4 fully saturated rings. The Hall–Kier alpha value is -1.38. The molecule has 5 rings (SSSR count). The van der Waals surface area contributed by atoms with Gasteiger partial charge in [-0.2, -0.15) is 0 Å². The average molecular weight is 433 g/mol. The number of aliphatic hydroxyl groups excluding tert-OH is 2. The van der Waals surface area contributed by atoms with Crippen molar-refractivity contribution in [3.05, 3.63) is 23.8 Å². The van der Waals surface area contributed by atoms with Crippen LogP contribution in [-0.2, 0) is 19.1 Å². The molecule has 0 aromatic carbocycles. The molecule has 1 heterocycles. The molecule has 7 nitrogen and oxygen atoms in total. The Morgan fingerprint density at radius 3 is 2.61 bits per heavy atom. The van der Waals surface area contributed by atoms with Crippen molar-refractivity contribution in [1.82, 2.24) is 0 Å². The first-order valence-corrected chi connectivity index (χ1v) is 11.3. The third kappa shape index (κ3) is 2.58. The zero-order valence-corrected chi connectivity index (χ0v) is 18.5. The molecule has 8 atom stereocenters. The van der Waals surface area contributed by atoms with Crippen LogP contribution in [0, 0.1) is 28.6 Å². The summed E-state index contributed by atoms with van der Waals surface area (Å²) < 4.78 is 12.4. The summed E-state index contributed by atoms with van der Waals surface area (Å²) in [5.74, 6) is -1.82. The van der Waals surface area contributed by atoms with Gasteiger partial charge in [0.25, 0.3) is 0 Å². The zero-order valence-electron chi connectivity index (χ0n) is 18.5. The van der Waals surface area contributed by atoms with Gasteiger partial charge in [0.2, 0.25) is 12.1 Å². The third-order valence-corrected chi connectivity index (χ3v) is 9.09. The lowest BCUT2D eigenvalue weighted by atomic mass is 9.46. The molecule has 3 N–H and O–H groups in total. The SMILES string of the molecule is CC1(C)O[C@@H]2C[C@H]3[C@@H]4CCC5=CC(=O)C=C[C@]5(C)[C@H]4[C@@H](O)C[C@]3(C)[C@]2(C(=O)C(O)O)O1. The maximum absolute atomic E-state index is 13.2. The normalized spacial score (nSPS) is 49.9. The quantitative estimate of drug-likeness (QED) is 0.569. The van der Waals surface area contributed by atoms with E-state index in [2.05, 4.69) is 6.92 Å². The number of carbonyl (C=O) groups excluding carboxylic acids is 2. The summed E-state index contributed by atoms with van der Waals surface area (Å²) >= 11 is 0. The first-order valence-electron chi connectivity index (χ1n) is 11.3. The van der Waals surface area contributed by atoms with Gasteiger partial charge in [0.15, 0.2) is 17.2 Å². The fraction of sp³-hybridized carbons (Fsp3) is 0.750. The van der Waals surface area contributed by atoms with Gasteiger partial charge in [0.1, 0.15) is 0 Å². The fourth-order valence-corrected chi connectivity index (χ4v) is 8.05. The summed E-state index contributed by atoms with van der Waals surface area (Å²) in [5, 5.41) is 31.2. The number of fused-ring (bicyclic) bond motifs is 7. The van der Waals surface area contributed by atoms with Gasteiger partial charge in [0.05, 0.1) is 12.2 Å². The highest BCUT2D eigenvalue weighted by molar-refractivity contribution is 6.01. The maximum atomic E-state index is 13.2. The molecule has 7 heteroatoms. The van der Waals surface area contributed by atoms with Gasteiger partial charge in [-0.05, 0) is 63.5 Å². The van der Waals surface area contributed by atoms with E-state index >= 15 is 0 Å². The molecule has 3 saturated carbocycles. The molecular weight excluding hydrogens is 400 g/mol. The lowest BCUT2D eigenvalue weighted by molar-refractivity contribution is -0.232. The lowest BCUT2D eigenvalue weighted by Crippen LogP contribution is -2.65. The average Bonchev–Trinajstić information content (AvgIpc) is 3.07. The van der Waals surface area contributed by atoms with Gasteiger partial charge in [-0.25, -0.2) is 0 Å². The highest BCUT2D eigenvalue weighted by Crippen LogP contribution is 2.70.